The molecule has 1 atom stereocenters. The van der Waals surface area contributed by atoms with E-state index in [1.165, 1.54) is 24.1 Å². The van der Waals surface area contributed by atoms with E-state index >= 15 is 0 Å². The highest BCUT2D eigenvalue weighted by Crippen LogP contribution is 2.24. The number of nitrogens with zero attached hydrogens (tertiary/aromatic N) is 2. The quantitative estimate of drug-likeness (QED) is 0.843. The smallest absolute Gasteiger partial charge is 0.407 e. The van der Waals surface area contributed by atoms with E-state index in [2.05, 4.69) is 4.74 Å². The molecule has 2 rings (SSSR count). The van der Waals surface area contributed by atoms with Crippen molar-refractivity contribution in [2.45, 2.75) is 13.0 Å². The third kappa shape index (κ3) is 3.07. The molecule has 21 heavy (non-hydrogen) atoms. The Labute approximate surface area is 121 Å². The van der Waals surface area contributed by atoms with Crippen LogP contribution in [0.4, 0.5) is 14.9 Å². The molecular formula is C14H17FN2O4. The third-order valence-electron chi connectivity index (χ3n) is 3.58. The van der Waals surface area contributed by atoms with Gasteiger partial charge in [-0.3, -0.25) is 0 Å². The van der Waals surface area contributed by atoms with Crippen LogP contribution >= 0.6 is 0 Å². The number of carboxylic acid groups (broad SMARTS) is 1. The number of carbonyl (C=O) groups excluding carboxylic acids is 1. The zero-order chi connectivity index (χ0) is 15.6. The molecule has 0 saturated carbocycles. The molecule has 1 aromatic rings. The number of methoxy groups -OCH3 is 1. The van der Waals surface area contributed by atoms with Crippen LogP contribution in [0.1, 0.15) is 17.3 Å². The van der Waals surface area contributed by atoms with Crippen molar-refractivity contribution < 1.29 is 23.8 Å². The predicted octanol–water partition coefficient (Wildman–Crippen LogP) is 1.80. The van der Waals surface area contributed by atoms with Gasteiger partial charge in [-0.2, -0.15) is 0 Å². The van der Waals surface area contributed by atoms with Gasteiger partial charge in [0, 0.05) is 31.4 Å². The van der Waals surface area contributed by atoms with E-state index in [1.807, 2.05) is 11.8 Å². The third-order valence-corrected chi connectivity index (χ3v) is 3.58. The molecule has 1 amide bonds. The minimum atomic E-state index is -0.948. The summed E-state index contributed by atoms with van der Waals surface area (Å²) in [6.07, 6.45) is -0.948. The highest BCUT2D eigenvalue weighted by atomic mass is 19.1. The lowest BCUT2D eigenvalue weighted by atomic mass is 10.1. The van der Waals surface area contributed by atoms with Crippen molar-refractivity contribution in [1.82, 2.24) is 4.90 Å². The fourth-order valence-corrected chi connectivity index (χ4v) is 2.47. The molecule has 114 valence electrons. The van der Waals surface area contributed by atoms with Gasteiger partial charge >= 0.3 is 12.1 Å². The molecule has 0 bridgehead atoms. The van der Waals surface area contributed by atoms with E-state index in [4.69, 9.17) is 5.11 Å². The monoisotopic (exact) mass is 296 g/mol. The molecule has 1 aromatic carbocycles. The van der Waals surface area contributed by atoms with Crippen molar-refractivity contribution in [3.63, 3.8) is 0 Å². The number of esters is 1. The number of anilines is 1. The average Bonchev–Trinajstić information content (AvgIpc) is 2.47. The molecule has 1 aliphatic heterocycles. The van der Waals surface area contributed by atoms with Gasteiger partial charge in [-0.25, -0.2) is 14.0 Å². The normalized spacial score (nSPS) is 18.5. The van der Waals surface area contributed by atoms with Gasteiger partial charge in [-0.15, -0.1) is 0 Å². The number of benzene rings is 1. The van der Waals surface area contributed by atoms with Crippen LogP contribution in [0.2, 0.25) is 0 Å². The van der Waals surface area contributed by atoms with Crippen molar-refractivity contribution in [3.8, 4) is 0 Å². The van der Waals surface area contributed by atoms with Crippen molar-refractivity contribution in [2.24, 2.45) is 0 Å². The first-order valence-corrected chi connectivity index (χ1v) is 6.56. The lowest BCUT2D eigenvalue weighted by molar-refractivity contribution is 0.0595. The van der Waals surface area contributed by atoms with Crippen LogP contribution in [0.3, 0.4) is 0 Å². The first-order chi connectivity index (χ1) is 9.93. The van der Waals surface area contributed by atoms with Gasteiger partial charge in [-0.1, -0.05) is 0 Å². The summed E-state index contributed by atoms with van der Waals surface area (Å²) in [6, 6.07) is 4.17. The topological polar surface area (TPSA) is 70.1 Å². The predicted molar refractivity (Wildman–Crippen MR) is 74.1 cm³/mol. The van der Waals surface area contributed by atoms with E-state index in [-0.39, 0.29) is 11.6 Å². The molecule has 1 fully saturated rings. The summed E-state index contributed by atoms with van der Waals surface area (Å²) in [7, 11) is 1.20. The summed E-state index contributed by atoms with van der Waals surface area (Å²) in [5, 5.41) is 8.99. The maximum absolute atomic E-state index is 13.6. The number of piperazine rings is 1. The lowest BCUT2D eigenvalue weighted by Crippen LogP contribution is -2.53. The van der Waals surface area contributed by atoms with Crippen molar-refractivity contribution in [1.29, 1.82) is 0 Å². The van der Waals surface area contributed by atoms with E-state index in [0.29, 0.717) is 25.3 Å². The van der Waals surface area contributed by atoms with Gasteiger partial charge < -0.3 is 19.6 Å². The Kier molecular flexibility index (Phi) is 4.30. The van der Waals surface area contributed by atoms with Crippen LogP contribution in [-0.4, -0.2) is 54.9 Å². The molecular weight excluding hydrogens is 279 g/mol. The molecule has 1 N–H and O–H groups in total. The number of halogens is 1. The summed E-state index contributed by atoms with van der Waals surface area (Å²) in [5.74, 6) is -1.37. The molecule has 0 spiro atoms. The Morgan fingerprint density at radius 2 is 2.10 bits per heavy atom. The van der Waals surface area contributed by atoms with Crippen LogP contribution in [0, 0.1) is 5.82 Å². The maximum Gasteiger partial charge on any atom is 0.407 e. The zero-order valence-electron chi connectivity index (χ0n) is 11.9. The molecule has 7 heteroatoms. The molecule has 1 heterocycles. The highest BCUT2D eigenvalue weighted by molar-refractivity contribution is 5.90. The molecule has 0 aliphatic carbocycles. The van der Waals surface area contributed by atoms with Gasteiger partial charge in [0.25, 0.3) is 0 Å². The molecule has 0 aromatic heterocycles. The summed E-state index contributed by atoms with van der Waals surface area (Å²) < 4.78 is 18.2. The Morgan fingerprint density at radius 3 is 2.67 bits per heavy atom. The van der Waals surface area contributed by atoms with Crippen molar-refractivity contribution in [2.75, 3.05) is 31.6 Å². The minimum Gasteiger partial charge on any atom is -0.465 e. The van der Waals surface area contributed by atoms with Gasteiger partial charge in [0.05, 0.1) is 12.7 Å². The van der Waals surface area contributed by atoms with Gasteiger partial charge in [0.1, 0.15) is 5.82 Å². The second-order valence-corrected chi connectivity index (χ2v) is 4.93. The van der Waals surface area contributed by atoms with E-state index in [0.717, 1.165) is 0 Å². The molecule has 6 nitrogen and oxygen atoms in total. The van der Waals surface area contributed by atoms with Crippen LogP contribution in [0.25, 0.3) is 0 Å². The molecule has 0 unspecified atom stereocenters. The lowest BCUT2D eigenvalue weighted by Gasteiger charge is -2.40. The average molecular weight is 296 g/mol. The van der Waals surface area contributed by atoms with Crippen LogP contribution in [0.15, 0.2) is 18.2 Å². The summed E-state index contributed by atoms with van der Waals surface area (Å²) >= 11 is 0. The summed E-state index contributed by atoms with van der Waals surface area (Å²) in [5.41, 5.74) is 0.553. The Hall–Kier alpha value is -2.31. The summed E-state index contributed by atoms with van der Waals surface area (Å²) in [4.78, 5) is 25.8. The highest BCUT2D eigenvalue weighted by Gasteiger charge is 2.27. The zero-order valence-corrected chi connectivity index (χ0v) is 11.9. The largest absolute Gasteiger partial charge is 0.465 e. The number of amides is 1. The number of carbonyl (C=O) groups is 2. The Balaban J connectivity index is 2.23. The van der Waals surface area contributed by atoms with Crippen LogP contribution < -0.4 is 4.90 Å². The van der Waals surface area contributed by atoms with E-state index in [1.54, 1.807) is 6.07 Å². The number of ether oxygens (including phenoxy) is 1. The number of rotatable bonds is 2. The van der Waals surface area contributed by atoms with Gasteiger partial charge in [0.15, 0.2) is 0 Å². The first-order valence-electron chi connectivity index (χ1n) is 6.56. The Morgan fingerprint density at radius 1 is 1.38 bits per heavy atom. The van der Waals surface area contributed by atoms with Crippen LogP contribution in [-0.2, 0) is 4.74 Å². The Bertz CT molecular complexity index is 564. The second kappa shape index (κ2) is 5.99. The first kappa shape index (κ1) is 15.1. The minimum absolute atomic E-state index is 0.0641. The second-order valence-electron chi connectivity index (χ2n) is 4.93. The van der Waals surface area contributed by atoms with E-state index in [9.17, 15) is 14.0 Å². The number of hydrogen-bond donors (Lipinski definition) is 1. The van der Waals surface area contributed by atoms with Crippen molar-refractivity contribution in [3.05, 3.63) is 29.6 Å². The molecule has 0 radical (unpaired) electrons. The fraction of sp³-hybridized carbons (Fsp3) is 0.429. The number of hydrogen-bond acceptors (Lipinski definition) is 4. The van der Waals surface area contributed by atoms with Crippen LogP contribution in [0.5, 0.6) is 0 Å². The molecule has 1 saturated heterocycles. The van der Waals surface area contributed by atoms with Gasteiger partial charge in [-0.05, 0) is 25.1 Å². The fourth-order valence-electron chi connectivity index (χ4n) is 2.47. The maximum atomic E-state index is 13.6. The summed E-state index contributed by atoms with van der Waals surface area (Å²) in [6.45, 7) is 3.10. The van der Waals surface area contributed by atoms with Crippen molar-refractivity contribution >= 4 is 17.7 Å². The SMILES string of the molecule is COC(=O)c1cc(N2CCN(C(=O)O)C[C@@H]2C)ccc1F. The van der Waals surface area contributed by atoms with E-state index < -0.39 is 17.9 Å². The standard InChI is InChI=1S/C14H17FN2O4/c1-9-8-16(14(19)20)5-6-17(9)10-3-4-12(15)11(7-10)13(18)21-2/h3-4,7,9H,5-6,8H2,1-2H3,(H,19,20)/t9-/m0/s1. The van der Waals surface area contributed by atoms with Gasteiger partial charge in [0.2, 0.25) is 0 Å². The molecule has 1 aliphatic rings.